The van der Waals surface area contributed by atoms with Crippen LogP contribution in [0.2, 0.25) is 14.3 Å². The Balaban J connectivity index is 5.61. The molecule has 0 aliphatic heterocycles. The van der Waals surface area contributed by atoms with Gasteiger partial charge in [0.1, 0.15) is 0 Å². The summed E-state index contributed by atoms with van der Waals surface area (Å²) in [6, 6.07) is 0. The standard InChI is InChI=1S/C16H32GeO2/c1-9-13(6)17(14(7)10-2,15(8)11-3)19-16(18)12(4)5/h13-15H,4,9-11H2,1-3,5-8H3. The molecule has 3 atom stereocenters. The molecule has 0 aromatic rings. The van der Waals surface area contributed by atoms with Gasteiger partial charge in [0.05, 0.1) is 0 Å². The first-order valence-corrected chi connectivity index (χ1v) is 12.2. The van der Waals surface area contributed by atoms with E-state index in [0.29, 0.717) is 19.8 Å². The van der Waals surface area contributed by atoms with Crippen LogP contribution in [0.3, 0.4) is 0 Å². The third-order valence-electron chi connectivity index (χ3n) is 4.77. The van der Waals surface area contributed by atoms with Crippen LogP contribution in [0.25, 0.3) is 0 Å². The first-order valence-electron chi connectivity index (χ1n) is 7.66. The molecule has 0 spiro atoms. The van der Waals surface area contributed by atoms with Crippen LogP contribution in [-0.2, 0) is 8.56 Å². The van der Waals surface area contributed by atoms with Crippen LogP contribution in [-0.4, -0.2) is 19.6 Å². The van der Waals surface area contributed by atoms with Crippen molar-refractivity contribution in [1.29, 1.82) is 0 Å². The van der Waals surface area contributed by atoms with Crippen LogP contribution >= 0.6 is 0 Å². The quantitative estimate of drug-likeness (QED) is 0.437. The van der Waals surface area contributed by atoms with Gasteiger partial charge in [0, 0.05) is 0 Å². The summed E-state index contributed by atoms with van der Waals surface area (Å²) in [4.78, 5) is 12.1. The van der Waals surface area contributed by atoms with Crippen LogP contribution in [0.15, 0.2) is 12.2 Å². The van der Waals surface area contributed by atoms with E-state index in [0.717, 1.165) is 19.3 Å². The first-order chi connectivity index (χ1) is 8.77. The van der Waals surface area contributed by atoms with Crippen molar-refractivity contribution in [3.63, 3.8) is 0 Å². The van der Waals surface area contributed by atoms with Gasteiger partial charge in [0.25, 0.3) is 0 Å². The molecule has 0 saturated heterocycles. The van der Waals surface area contributed by atoms with Gasteiger partial charge in [0.2, 0.25) is 0 Å². The van der Waals surface area contributed by atoms with Crippen molar-refractivity contribution >= 4 is 19.6 Å². The van der Waals surface area contributed by atoms with Crippen LogP contribution in [0.1, 0.15) is 67.7 Å². The van der Waals surface area contributed by atoms with Gasteiger partial charge < -0.3 is 0 Å². The van der Waals surface area contributed by atoms with E-state index in [4.69, 9.17) is 3.76 Å². The number of hydrogen-bond acceptors (Lipinski definition) is 2. The molecule has 0 rings (SSSR count). The molecule has 19 heavy (non-hydrogen) atoms. The Kier molecular flexibility index (Phi) is 8.03. The monoisotopic (exact) mass is 330 g/mol. The Morgan fingerprint density at radius 1 is 1.00 bits per heavy atom. The van der Waals surface area contributed by atoms with E-state index in [-0.39, 0.29) is 5.97 Å². The van der Waals surface area contributed by atoms with Crippen LogP contribution < -0.4 is 0 Å². The molecule has 0 N–H and O–H groups in total. The summed E-state index contributed by atoms with van der Waals surface area (Å²) in [7, 11) is 0. The van der Waals surface area contributed by atoms with Crippen molar-refractivity contribution in [1.82, 2.24) is 0 Å². The molecule has 0 bridgehead atoms. The number of carbonyl (C=O) groups is 1. The van der Waals surface area contributed by atoms with Crippen molar-refractivity contribution in [3.8, 4) is 0 Å². The molecule has 0 aliphatic carbocycles. The summed E-state index contributed by atoms with van der Waals surface area (Å²) in [6.45, 7) is 19.0. The zero-order valence-electron chi connectivity index (χ0n) is 13.9. The van der Waals surface area contributed by atoms with Crippen molar-refractivity contribution in [2.75, 3.05) is 0 Å². The fourth-order valence-electron chi connectivity index (χ4n) is 2.96. The second-order valence-electron chi connectivity index (χ2n) is 5.95. The molecular formula is C16H32GeO2. The molecule has 0 saturated carbocycles. The number of rotatable bonds is 8. The Bertz CT molecular complexity index is 285. The van der Waals surface area contributed by atoms with E-state index in [9.17, 15) is 4.79 Å². The van der Waals surface area contributed by atoms with E-state index in [1.165, 1.54) is 0 Å². The van der Waals surface area contributed by atoms with Gasteiger partial charge >= 0.3 is 122 Å². The molecule has 112 valence electrons. The first kappa shape index (κ1) is 18.8. The zero-order chi connectivity index (χ0) is 15.2. The van der Waals surface area contributed by atoms with E-state index in [1.54, 1.807) is 6.92 Å². The molecule has 0 aromatic carbocycles. The molecular weight excluding hydrogens is 297 g/mol. The number of hydrogen-bond donors (Lipinski definition) is 0. The summed E-state index contributed by atoms with van der Waals surface area (Å²) in [5.74, 6) is -0.166. The predicted octanol–water partition coefficient (Wildman–Crippen LogP) is 5.45. The molecule has 0 amide bonds. The maximum absolute atomic E-state index is 12.1. The Morgan fingerprint density at radius 3 is 1.53 bits per heavy atom. The topological polar surface area (TPSA) is 26.3 Å². The maximum atomic E-state index is 12.1. The van der Waals surface area contributed by atoms with Gasteiger partial charge in [-0.1, -0.05) is 0 Å². The minimum atomic E-state index is -2.76. The van der Waals surface area contributed by atoms with E-state index >= 15 is 0 Å². The normalized spacial score (nSPS) is 19.1. The second kappa shape index (κ2) is 8.13. The summed E-state index contributed by atoms with van der Waals surface area (Å²) in [5, 5.41) is 0. The summed E-state index contributed by atoms with van der Waals surface area (Å²) < 4.78 is 7.81. The molecule has 0 radical (unpaired) electrons. The molecule has 2 nitrogen and oxygen atoms in total. The van der Waals surface area contributed by atoms with Gasteiger partial charge in [-0.05, 0) is 0 Å². The van der Waals surface area contributed by atoms with E-state index in [1.807, 2.05) is 0 Å². The van der Waals surface area contributed by atoms with Gasteiger partial charge in [-0.15, -0.1) is 0 Å². The van der Waals surface area contributed by atoms with Crippen LogP contribution in [0, 0.1) is 0 Å². The Hall–Kier alpha value is -0.247. The second-order valence-corrected chi connectivity index (χ2v) is 16.2. The van der Waals surface area contributed by atoms with Gasteiger partial charge in [-0.25, -0.2) is 0 Å². The third-order valence-corrected chi connectivity index (χ3v) is 18.2. The van der Waals surface area contributed by atoms with Crippen LogP contribution in [0.4, 0.5) is 0 Å². The summed E-state index contributed by atoms with van der Waals surface area (Å²) in [5.41, 5.74) is 0.532. The molecule has 0 aliphatic rings. The molecule has 0 heterocycles. The SMILES string of the molecule is C=C(C)C(=O)[O][Ge]([CH](C)CC)([CH](C)CC)[CH](C)CC. The predicted molar refractivity (Wildman–Crippen MR) is 85.8 cm³/mol. The van der Waals surface area contributed by atoms with Gasteiger partial charge in [0.15, 0.2) is 0 Å². The zero-order valence-corrected chi connectivity index (χ0v) is 16.0. The van der Waals surface area contributed by atoms with E-state index in [2.05, 4.69) is 48.1 Å². The average Bonchev–Trinajstić information content (AvgIpc) is 2.41. The average molecular weight is 329 g/mol. The van der Waals surface area contributed by atoms with Crippen LogP contribution in [0.5, 0.6) is 0 Å². The fraction of sp³-hybridized carbons (Fsp3) is 0.812. The third kappa shape index (κ3) is 4.11. The molecule has 0 fully saturated rings. The van der Waals surface area contributed by atoms with Crippen molar-refractivity contribution in [2.24, 2.45) is 0 Å². The summed E-state index contributed by atoms with van der Waals surface area (Å²) >= 11 is -2.76. The molecule has 3 heteroatoms. The summed E-state index contributed by atoms with van der Waals surface area (Å²) in [6.07, 6.45) is 3.29. The molecule has 0 aromatic heterocycles. The Labute approximate surface area is 122 Å². The van der Waals surface area contributed by atoms with E-state index < -0.39 is 13.6 Å². The van der Waals surface area contributed by atoms with Crippen molar-refractivity contribution in [2.45, 2.75) is 82.0 Å². The Morgan fingerprint density at radius 2 is 1.32 bits per heavy atom. The van der Waals surface area contributed by atoms with Crippen molar-refractivity contribution < 1.29 is 8.56 Å². The van der Waals surface area contributed by atoms with Crippen molar-refractivity contribution in [3.05, 3.63) is 12.2 Å². The van der Waals surface area contributed by atoms with Gasteiger partial charge in [-0.3, -0.25) is 0 Å². The molecule has 3 unspecified atom stereocenters. The van der Waals surface area contributed by atoms with Gasteiger partial charge in [-0.2, -0.15) is 0 Å². The fourth-order valence-corrected chi connectivity index (χ4v) is 15.4. The number of carbonyl (C=O) groups excluding carboxylic acids is 1. The minimum absolute atomic E-state index is 0.166.